The van der Waals surface area contributed by atoms with Crippen LogP contribution in [0.15, 0.2) is 12.5 Å². The van der Waals surface area contributed by atoms with Crippen LogP contribution >= 0.6 is 0 Å². The van der Waals surface area contributed by atoms with Crippen LogP contribution in [0.25, 0.3) is 11.0 Å². The summed E-state index contributed by atoms with van der Waals surface area (Å²) in [4.78, 5) is 23.0. The zero-order valence-corrected chi connectivity index (χ0v) is 12.9. The Balaban J connectivity index is 1.46. The highest BCUT2D eigenvalue weighted by Crippen LogP contribution is 2.31. The smallest absolute Gasteiger partial charge is 0.237 e. The number of carbonyl (C=O) groups is 1. The van der Waals surface area contributed by atoms with Crippen LogP contribution in [-0.4, -0.2) is 51.2 Å². The molecule has 0 bridgehead atoms. The fraction of sp³-hybridized carbons (Fsp3) is 0.600. The summed E-state index contributed by atoms with van der Waals surface area (Å²) in [6.45, 7) is 1.65. The lowest BCUT2D eigenvalue weighted by atomic mass is 10.0. The van der Waals surface area contributed by atoms with Crippen molar-refractivity contribution in [2.45, 2.75) is 37.8 Å². The summed E-state index contributed by atoms with van der Waals surface area (Å²) in [5.74, 6) is 1.23. The van der Waals surface area contributed by atoms with E-state index in [1.807, 2.05) is 0 Å². The number of anilines is 1. The molecule has 1 amide bonds. The van der Waals surface area contributed by atoms with E-state index in [1.165, 1.54) is 0 Å². The Morgan fingerprint density at radius 2 is 2.26 bits per heavy atom. The summed E-state index contributed by atoms with van der Waals surface area (Å²) in [5, 5.41) is 10.9. The number of rotatable bonds is 4. The van der Waals surface area contributed by atoms with Crippen LogP contribution in [-0.2, 0) is 4.79 Å². The molecule has 2 atom stereocenters. The first-order valence-electron chi connectivity index (χ1n) is 8.17. The lowest BCUT2D eigenvalue weighted by Gasteiger charge is -2.34. The Kier molecular flexibility index (Phi) is 3.60. The number of nitrogens with one attached hydrogen (secondary N) is 2. The first-order valence-corrected chi connectivity index (χ1v) is 8.17. The molecule has 8 nitrogen and oxygen atoms in total. The van der Waals surface area contributed by atoms with Gasteiger partial charge in [-0.1, -0.05) is 0 Å². The monoisotopic (exact) mass is 315 g/mol. The van der Waals surface area contributed by atoms with Crippen molar-refractivity contribution in [3.8, 4) is 0 Å². The fourth-order valence-corrected chi connectivity index (χ4v) is 3.26. The summed E-state index contributed by atoms with van der Waals surface area (Å²) in [6.07, 6.45) is 7.42. The second-order valence-electron chi connectivity index (χ2n) is 6.49. The summed E-state index contributed by atoms with van der Waals surface area (Å²) < 4.78 is 0. The minimum absolute atomic E-state index is 0.0181. The molecule has 0 aromatic carbocycles. The van der Waals surface area contributed by atoms with Crippen molar-refractivity contribution < 1.29 is 4.79 Å². The van der Waals surface area contributed by atoms with Crippen LogP contribution in [0.5, 0.6) is 0 Å². The molecule has 2 aromatic rings. The van der Waals surface area contributed by atoms with E-state index in [0.717, 1.165) is 55.6 Å². The Bertz CT molecular complexity index is 711. The van der Waals surface area contributed by atoms with E-state index in [0.29, 0.717) is 5.92 Å². The van der Waals surface area contributed by atoms with Crippen LogP contribution in [0.3, 0.4) is 0 Å². The van der Waals surface area contributed by atoms with Crippen LogP contribution in [0.1, 0.15) is 25.7 Å². The first kappa shape index (κ1) is 14.4. The van der Waals surface area contributed by atoms with Crippen LogP contribution in [0, 0.1) is 5.92 Å². The van der Waals surface area contributed by atoms with E-state index in [9.17, 15) is 4.79 Å². The third-order valence-corrected chi connectivity index (χ3v) is 4.73. The van der Waals surface area contributed by atoms with Crippen molar-refractivity contribution in [3.05, 3.63) is 12.5 Å². The number of nitrogens with two attached hydrogens (primary N) is 1. The predicted octanol–water partition coefficient (Wildman–Crippen LogP) is 0.175. The molecule has 2 aromatic heterocycles. The number of carbonyl (C=O) groups excluding carboxylic acids is 1. The average Bonchev–Trinajstić information content (AvgIpc) is 3.30. The average molecular weight is 315 g/mol. The highest BCUT2D eigenvalue weighted by atomic mass is 16.2. The van der Waals surface area contributed by atoms with Crippen molar-refractivity contribution in [2.75, 3.05) is 18.0 Å². The molecule has 1 aliphatic carbocycles. The highest BCUT2D eigenvalue weighted by Gasteiger charge is 2.34. The number of H-pyrrole nitrogens is 1. The van der Waals surface area contributed by atoms with Crippen molar-refractivity contribution in [3.63, 3.8) is 0 Å². The van der Waals surface area contributed by atoms with Crippen LogP contribution in [0.4, 0.5) is 5.82 Å². The van der Waals surface area contributed by atoms with Gasteiger partial charge in [0, 0.05) is 19.1 Å². The van der Waals surface area contributed by atoms with Gasteiger partial charge in [0.1, 0.15) is 12.1 Å². The van der Waals surface area contributed by atoms with Gasteiger partial charge in [0.25, 0.3) is 0 Å². The number of fused-ring (bicyclic) bond motifs is 1. The van der Waals surface area contributed by atoms with Crippen LogP contribution < -0.4 is 16.0 Å². The Morgan fingerprint density at radius 3 is 3.09 bits per heavy atom. The third kappa shape index (κ3) is 2.86. The maximum absolute atomic E-state index is 12.2. The van der Waals surface area contributed by atoms with Gasteiger partial charge in [0.05, 0.1) is 17.6 Å². The predicted molar refractivity (Wildman–Crippen MR) is 85.8 cm³/mol. The molecule has 0 spiro atoms. The quantitative estimate of drug-likeness (QED) is 0.741. The molecule has 1 saturated carbocycles. The molecule has 1 aliphatic heterocycles. The second kappa shape index (κ2) is 5.77. The second-order valence-corrected chi connectivity index (χ2v) is 6.49. The molecule has 4 rings (SSSR count). The minimum atomic E-state index is -0.356. The normalized spacial score (nSPS) is 23.0. The van der Waals surface area contributed by atoms with E-state index in [1.54, 1.807) is 12.5 Å². The molecule has 122 valence electrons. The number of piperidine rings is 1. The molecule has 8 heteroatoms. The molecule has 0 radical (unpaired) electrons. The molecule has 1 saturated heterocycles. The van der Waals surface area contributed by atoms with Gasteiger partial charge >= 0.3 is 0 Å². The molecule has 2 fully saturated rings. The fourth-order valence-electron chi connectivity index (χ4n) is 3.26. The Morgan fingerprint density at radius 1 is 1.39 bits per heavy atom. The minimum Gasteiger partial charge on any atom is -0.354 e. The van der Waals surface area contributed by atoms with Gasteiger partial charge < -0.3 is 16.0 Å². The van der Waals surface area contributed by atoms with E-state index >= 15 is 0 Å². The molecule has 0 unspecified atom stereocenters. The number of aromatic nitrogens is 4. The molecular formula is C15H21N7O. The van der Waals surface area contributed by atoms with Crippen molar-refractivity contribution in [1.29, 1.82) is 0 Å². The van der Waals surface area contributed by atoms with E-state index in [-0.39, 0.29) is 18.0 Å². The topological polar surface area (TPSA) is 113 Å². The van der Waals surface area contributed by atoms with Crippen molar-refractivity contribution in [2.24, 2.45) is 11.7 Å². The van der Waals surface area contributed by atoms with Gasteiger partial charge in [-0.05, 0) is 31.6 Å². The highest BCUT2D eigenvalue weighted by molar-refractivity contribution is 5.86. The third-order valence-electron chi connectivity index (χ3n) is 4.73. The summed E-state index contributed by atoms with van der Waals surface area (Å²) >= 11 is 0. The van der Waals surface area contributed by atoms with E-state index in [4.69, 9.17) is 5.73 Å². The molecule has 23 heavy (non-hydrogen) atoms. The van der Waals surface area contributed by atoms with Crippen molar-refractivity contribution >= 4 is 22.8 Å². The largest absolute Gasteiger partial charge is 0.354 e. The van der Waals surface area contributed by atoms with Gasteiger partial charge in [-0.25, -0.2) is 9.97 Å². The molecular weight excluding hydrogens is 294 g/mol. The van der Waals surface area contributed by atoms with E-state index in [2.05, 4.69) is 30.4 Å². The zero-order valence-electron chi connectivity index (χ0n) is 12.9. The lowest BCUT2D eigenvalue weighted by Crippen LogP contribution is -2.52. The maximum atomic E-state index is 12.2. The van der Waals surface area contributed by atoms with Gasteiger partial charge in [0.15, 0.2) is 5.65 Å². The summed E-state index contributed by atoms with van der Waals surface area (Å²) in [5.41, 5.74) is 6.72. The first-order chi connectivity index (χ1) is 11.2. The Hall–Kier alpha value is -2.22. The number of aromatic amines is 1. The SMILES string of the molecule is N[C@@H](C(=O)N[C@@H]1CCCN(c2ncnc3[nH]ncc23)C1)C1CC1. The molecule has 4 N–H and O–H groups in total. The number of hydrogen-bond donors (Lipinski definition) is 3. The van der Waals surface area contributed by atoms with Crippen LogP contribution in [0.2, 0.25) is 0 Å². The van der Waals surface area contributed by atoms with Gasteiger partial charge in [0.2, 0.25) is 5.91 Å². The van der Waals surface area contributed by atoms with E-state index < -0.39 is 0 Å². The molecule has 2 aliphatic rings. The number of hydrogen-bond acceptors (Lipinski definition) is 6. The number of nitrogens with zero attached hydrogens (tertiary/aromatic N) is 4. The molecule has 3 heterocycles. The van der Waals surface area contributed by atoms with Gasteiger partial charge in [-0.2, -0.15) is 5.10 Å². The van der Waals surface area contributed by atoms with Gasteiger partial charge in [-0.15, -0.1) is 0 Å². The van der Waals surface area contributed by atoms with Crippen molar-refractivity contribution in [1.82, 2.24) is 25.5 Å². The standard InChI is InChI=1S/C15H21N7O/c16-12(9-3-4-9)15(23)20-10-2-1-5-22(7-10)14-11-6-19-21-13(11)17-8-18-14/h6,8-10,12H,1-5,7,16H2,(H,20,23)(H,17,18,19,21)/t10-,12-/m1/s1. The van der Waals surface area contributed by atoms with Gasteiger partial charge in [-0.3, -0.25) is 9.89 Å². The Labute approximate surface area is 133 Å². The summed E-state index contributed by atoms with van der Waals surface area (Å²) in [7, 11) is 0. The zero-order chi connectivity index (χ0) is 15.8. The lowest BCUT2D eigenvalue weighted by molar-refractivity contribution is -0.123. The number of amides is 1. The summed E-state index contributed by atoms with van der Waals surface area (Å²) in [6, 6.07) is -0.247. The maximum Gasteiger partial charge on any atom is 0.237 e.